The van der Waals surface area contributed by atoms with E-state index in [0.29, 0.717) is 12.4 Å². The Bertz CT molecular complexity index is 825. The zero-order chi connectivity index (χ0) is 16.1. The van der Waals surface area contributed by atoms with Gasteiger partial charge >= 0.3 is 7.60 Å². The van der Waals surface area contributed by atoms with Gasteiger partial charge in [0.25, 0.3) is 0 Å². The van der Waals surface area contributed by atoms with Crippen LogP contribution in [0.25, 0.3) is 10.8 Å². The maximum atomic E-state index is 13.2. The third-order valence-electron chi connectivity index (χ3n) is 3.53. The maximum Gasteiger partial charge on any atom is 0.383 e. The molecule has 1 atom stereocenters. The van der Waals surface area contributed by atoms with E-state index in [4.69, 9.17) is 9.05 Å². The summed E-state index contributed by atoms with van der Waals surface area (Å²) in [6, 6.07) is 23.2. The van der Waals surface area contributed by atoms with Gasteiger partial charge in [0.2, 0.25) is 0 Å². The fourth-order valence-electron chi connectivity index (χ4n) is 2.53. The van der Waals surface area contributed by atoms with Gasteiger partial charge in [-0.15, -0.1) is 0 Å². The summed E-state index contributed by atoms with van der Waals surface area (Å²) in [7, 11) is -3.27. The van der Waals surface area contributed by atoms with Crippen molar-refractivity contribution in [2.75, 3.05) is 6.61 Å². The molecule has 0 fully saturated rings. The quantitative estimate of drug-likeness (QED) is 0.549. The Morgan fingerprint density at radius 2 is 1.57 bits per heavy atom. The second-order valence-corrected chi connectivity index (χ2v) is 7.22. The second-order valence-electron chi connectivity index (χ2n) is 5.24. The van der Waals surface area contributed by atoms with Crippen LogP contribution < -0.4 is 4.52 Å². The molecule has 0 heterocycles. The summed E-state index contributed by atoms with van der Waals surface area (Å²) < 4.78 is 24.6. The first-order valence-electron chi connectivity index (χ1n) is 7.65. The second kappa shape index (κ2) is 6.99. The van der Waals surface area contributed by atoms with Crippen molar-refractivity contribution in [3.63, 3.8) is 0 Å². The summed E-state index contributed by atoms with van der Waals surface area (Å²) in [5.41, 5.74) is 0.935. The number of hydrogen-bond donors (Lipinski definition) is 0. The molecule has 0 saturated carbocycles. The molecule has 3 nitrogen and oxygen atoms in total. The Balaban J connectivity index is 1.93. The summed E-state index contributed by atoms with van der Waals surface area (Å²) in [4.78, 5) is 0. The minimum absolute atomic E-state index is 0.255. The number of fused-ring (bicyclic) bond motifs is 1. The molecular formula is C19H19O3P. The molecule has 23 heavy (non-hydrogen) atoms. The number of hydrogen-bond acceptors (Lipinski definition) is 3. The van der Waals surface area contributed by atoms with Crippen molar-refractivity contribution in [1.82, 2.24) is 0 Å². The first-order valence-corrected chi connectivity index (χ1v) is 9.38. The molecule has 0 aliphatic heterocycles. The highest BCUT2D eigenvalue weighted by atomic mass is 31.2. The van der Waals surface area contributed by atoms with Gasteiger partial charge in [0.1, 0.15) is 5.75 Å². The zero-order valence-electron chi connectivity index (χ0n) is 13.0. The van der Waals surface area contributed by atoms with Crippen LogP contribution >= 0.6 is 7.60 Å². The van der Waals surface area contributed by atoms with Crippen LogP contribution in [0, 0.1) is 0 Å². The molecule has 3 rings (SSSR count). The Labute approximate surface area is 136 Å². The standard InChI is InChI=1S/C19H19O3P/c1-2-21-23(20,15-16-9-4-3-5-10-16)22-19-14-8-12-17-11-6-7-13-18(17)19/h3-14H,2,15H2,1H3. The minimum atomic E-state index is -3.27. The van der Waals surface area contributed by atoms with Gasteiger partial charge in [-0.3, -0.25) is 4.52 Å². The fraction of sp³-hybridized carbons (Fsp3) is 0.158. The van der Waals surface area contributed by atoms with Crippen LogP contribution in [-0.2, 0) is 15.3 Å². The first-order chi connectivity index (χ1) is 11.2. The van der Waals surface area contributed by atoms with Crippen molar-refractivity contribution >= 4 is 18.4 Å². The Kier molecular flexibility index (Phi) is 4.80. The fourth-order valence-corrected chi connectivity index (χ4v) is 4.25. The predicted octanol–water partition coefficient (Wildman–Crippen LogP) is 5.65. The topological polar surface area (TPSA) is 35.5 Å². The molecule has 0 aliphatic carbocycles. The van der Waals surface area contributed by atoms with Gasteiger partial charge in [0, 0.05) is 5.39 Å². The van der Waals surface area contributed by atoms with Crippen LogP contribution in [0.2, 0.25) is 0 Å². The van der Waals surface area contributed by atoms with Crippen molar-refractivity contribution < 1.29 is 13.6 Å². The lowest BCUT2D eigenvalue weighted by Crippen LogP contribution is -2.02. The lowest BCUT2D eigenvalue weighted by molar-refractivity contribution is 0.279. The van der Waals surface area contributed by atoms with Gasteiger partial charge in [0.15, 0.2) is 0 Å². The summed E-state index contributed by atoms with van der Waals surface area (Å²) >= 11 is 0. The van der Waals surface area contributed by atoms with Crippen LogP contribution in [-0.4, -0.2) is 6.61 Å². The third-order valence-corrected chi connectivity index (χ3v) is 5.41. The van der Waals surface area contributed by atoms with Crippen molar-refractivity contribution in [1.29, 1.82) is 0 Å². The maximum absolute atomic E-state index is 13.2. The summed E-state index contributed by atoms with van der Waals surface area (Å²) in [5, 5.41) is 1.98. The minimum Gasteiger partial charge on any atom is -0.423 e. The van der Waals surface area contributed by atoms with E-state index in [0.717, 1.165) is 16.3 Å². The molecule has 3 aromatic carbocycles. The summed E-state index contributed by atoms with van der Waals surface area (Å²) in [5.74, 6) is 0.593. The van der Waals surface area contributed by atoms with Crippen molar-refractivity contribution in [2.24, 2.45) is 0 Å². The largest absolute Gasteiger partial charge is 0.423 e. The lowest BCUT2D eigenvalue weighted by Gasteiger charge is -2.20. The van der Waals surface area contributed by atoms with Crippen LogP contribution in [0.5, 0.6) is 5.75 Å². The van der Waals surface area contributed by atoms with E-state index in [1.807, 2.05) is 79.7 Å². The third kappa shape index (κ3) is 3.82. The molecule has 3 aromatic rings. The predicted molar refractivity (Wildman–Crippen MR) is 94.0 cm³/mol. The Morgan fingerprint density at radius 1 is 0.870 bits per heavy atom. The molecule has 0 aromatic heterocycles. The van der Waals surface area contributed by atoms with Crippen molar-refractivity contribution in [3.05, 3.63) is 78.4 Å². The average Bonchev–Trinajstić information content (AvgIpc) is 2.56. The monoisotopic (exact) mass is 326 g/mol. The summed E-state index contributed by atoms with van der Waals surface area (Å²) in [6.45, 7) is 2.17. The molecule has 118 valence electrons. The molecular weight excluding hydrogens is 307 g/mol. The Hall–Kier alpha value is -2.09. The number of benzene rings is 3. The molecule has 0 amide bonds. The highest BCUT2D eigenvalue weighted by Crippen LogP contribution is 2.52. The van der Waals surface area contributed by atoms with E-state index in [2.05, 4.69) is 0 Å². The molecule has 1 unspecified atom stereocenters. The Morgan fingerprint density at radius 3 is 2.35 bits per heavy atom. The molecule has 0 N–H and O–H groups in total. The molecule has 0 radical (unpaired) electrons. The first kappa shape index (κ1) is 15.8. The molecule has 0 aliphatic rings. The van der Waals surface area contributed by atoms with E-state index in [-0.39, 0.29) is 6.16 Å². The van der Waals surface area contributed by atoms with Gasteiger partial charge in [-0.05, 0) is 23.9 Å². The van der Waals surface area contributed by atoms with Gasteiger partial charge in [-0.25, -0.2) is 4.57 Å². The number of rotatable bonds is 6. The van der Waals surface area contributed by atoms with Crippen molar-refractivity contribution in [3.8, 4) is 5.75 Å². The molecule has 4 heteroatoms. The van der Waals surface area contributed by atoms with Gasteiger partial charge < -0.3 is 4.52 Å². The van der Waals surface area contributed by atoms with E-state index in [1.54, 1.807) is 0 Å². The van der Waals surface area contributed by atoms with Crippen LogP contribution in [0.3, 0.4) is 0 Å². The van der Waals surface area contributed by atoms with Crippen molar-refractivity contribution in [2.45, 2.75) is 13.1 Å². The highest BCUT2D eigenvalue weighted by molar-refractivity contribution is 7.53. The van der Waals surface area contributed by atoms with E-state index in [9.17, 15) is 4.57 Å². The van der Waals surface area contributed by atoms with Crippen LogP contribution in [0.1, 0.15) is 12.5 Å². The molecule has 0 bridgehead atoms. The van der Waals surface area contributed by atoms with E-state index < -0.39 is 7.60 Å². The van der Waals surface area contributed by atoms with E-state index in [1.165, 1.54) is 0 Å². The van der Waals surface area contributed by atoms with Gasteiger partial charge in [0.05, 0.1) is 12.8 Å². The normalized spacial score (nSPS) is 13.6. The molecule has 0 saturated heterocycles. The SMILES string of the molecule is CCOP(=O)(Cc1ccccc1)Oc1cccc2ccccc12. The smallest absolute Gasteiger partial charge is 0.383 e. The van der Waals surface area contributed by atoms with Crippen LogP contribution in [0.4, 0.5) is 0 Å². The van der Waals surface area contributed by atoms with Crippen LogP contribution in [0.15, 0.2) is 72.8 Å². The molecule has 0 spiro atoms. The lowest BCUT2D eigenvalue weighted by atomic mass is 10.1. The zero-order valence-corrected chi connectivity index (χ0v) is 13.9. The van der Waals surface area contributed by atoms with Gasteiger partial charge in [-0.2, -0.15) is 0 Å². The van der Waals surface area contributed by atoms with E-state index >= 15 is 0 Å². The highest BCUT2D eigenvalue weighted by Gasteiger charge is 2.27. The van der Waals surface area contributed by atoms with Gasteiger partial charge in [-0.1, -0.05) is 66.7 Å². The average molecular weight is 326 g/mol. The summed E-state index contributed by atoms with van der Waals surface area (Å²) in [6.07, 6.45) is 0.255.